The number of rotatable bonds is 2. The zero-order valence-electron chi connectivity index (χ0n) is 6.71. The monoisotopic (exact) mass is 171 g/mol. The second-order valence-electron chi connectivity index (χ2n) is 2.53. The predicted molar refractivity (Wildman–Crippen MR) is 48.9 cm³/mol. The molecule has 1 heterocycles. The zero-order valence-corrected chi connectivity index (χ0v) is 7.52. The second kappa shape index (κ2) is 4.57. The van der Waals surface area contributed by atoms with Gasteiger partial charge >= 0.3 is 0 Å². The smallest absolute Gasteiger partial charge is 0.125 e. The molecule has 1 aliphatic rings. The Morgan fingerprint density at radius 2 is 2.64 bits per heavy atom. The summed E-state index contributed by atoms with van der Waals surface area (Å²) >= 11 is 4.56. The first kappa shape index (κ1) is 8.81. The first-order chi connectivity index (χ1) is 5.38. The molecule has 0 aliphatic carbocycles. The van der Waals surface area contributed by atoms with Gasteiger partial charge in [-0.2, -0.15) is 0 Å². The summed E-state index contributed by atoms with van der Waals surface area (Å²) in [5, 5.41) is 5.69. The fourth-order valence-electron chi connectivity index (χ4n) is 1.29. The van der Waals surface area contributed by atoms with E-state index in [0.717, 1.165) is 26.2 Å². The number of nitrogens with one attached hydrogen (secondary N) is 1. The molecule has 0 aromatic carbocycles. The summed E-state index contributed by atoms with van der Waals surface area (Å²) in [6.07, 6.45) is 0.214. The molecule has 0 aromatic heterocycles. The van der Waals surface area contributed by atoms with Crippen molar-refractivity contribution in [1.82, 2.24) is 10.2 Å². The highest BCUT2D eigenvalue weighted by Crippen LogP contribution is 2.02. The molecular formula is C7H13N3S. The summed E-state index contributed by atoms with van der Waals surface area (Å²) in [6.45, 7) is 6.18. The molecule has 1 atom stereocenters. The molecule has 11 heavy (non-hydrogen) atoms. The molecule has 0 aromatic rings. The molecule has 1 N–H and O–H groups in total. The van der Waals surface area contributed by atoms with Crippen LogP contribution < -0.4 is 5.32 Å². The third-order valence-electron chi connectivity index (χ3n) is 1.93. The Hall–Kier alpha value is -0.280. The molecule has 0 radical (unpaired) electrons. The van der Waals surface area contributed by atoms with Crippen LogP contribution >= 0.6 is 12.2 Å². The lowest BCUT2D eigenvalue weighted by atomic mass is 10.3. The highest BCUT2D eigenvalue weighted by atomic mass is 32.1. The fourth-order valence-corrected chi connectivity index (χ4v) is 1.41. The van der Waals surface area contributed by atoms with Crippen LogP contribution in [0.4, 0.5) is 0 Å². The maximum Gasteiger partial charge on any atom is 0.125 e. The van der Waals surface area contributed by atoms with Gasteiger partial charge in [-0.3, -0.25) is 4.90 Å². The highest BCUT2D eigenvalue weighted by Gasteiger charge is 2.18. The van der Waals surface area contributed by atoms with Gasteiger partial charge in [-0.25, -0.2) is 4.99 Å². The normalized spacial score (nSPS) is 26.1. The van der Waals surface area contributed by atoms with Crippen LogP contribution in [0.15, 0.2) is 4.99 Å². The first-order valence-corrected chi connectivity index (χ1v) is 4.31. The van der Waals surface area contributed by atoms with Gasteiger partial charge in [0.1, 0.15) is 6.17 Å². The van der Waals surface area contributed by atoms with Crippen LogP contribution in [0.2, 0.25) is 0 Å². The molecule has 0 spiro atoms. The standard InChI is InChI=1S/C7H13N3S/c1-2-10-4-3-8-5-7(10)9-6-11/h7-8H,2-5H2,1H3. The molecule has 1 aliphatic heterocycles. The number of isothiocyanates is 1. The van der Waals surface area contributed by atoms with Gasteiger partial charge in [0.05, 0.1) is 5.16 Å². The summed E-state index contributed by atoms with van der Waals surface area (Å²) in [5.74, 6) is 0. The number of hydrogen-bond donors (Lipinski definition) is 1. The van der Waals surface area contributed by atoms with Gasteiger partial charge in [-0.1, -0.05) is 6.92 Å². The number of thiocarbonyl (C=S) groups is 1. The van der Waals surface area contributed by atoms with Crippen LogP contribution in [0.3, 0.4) is 0 Å². The van der Waals surface area contributed by atoms with E-state index < -0.39 is 0 Å². The Labute approximate surface area is 72.5 Å². The van der Waals surface area contributed by atoms with Crippen molar-refractivity contribution in [2.45, 2.75) is 13.1 Å². The molecule has 0 saturated carbocycles. The van der Waals surface area contributed by atoms with Crippen molar-refractivity contribution in [3.63, 3.8) is 0 Å². The van der Waals surface area contributed by atoms with E-state index in [1.165, 1.54) is 0 Å². The van der Waals surface area contributed by atoms with E-state index >= 15 is 0 Å². The van der Waals surface area contributed by atoms with E-state index in [0.29, 0.717) is 0 Å². The van der Waals surface area contributed by atoms with Gasteiger partial charge < -0.3 is 5.32 Å². The van der Waals surface area contributed by atoms with Gasteiger partial charge in [0.25, 0.3) is 0 Å². The zero-order chi connectivity index (χ0) is 8.10. The number of aliphatic imine (C=N–C) groups is 1. The Morgan fingerprint density at radius 1 is 1.82 bits per heavy atom. The molecule has 0 amide bonds. The largest absolute Gasteiger partial charge is 0.312 e. The fraction of sp³-hybridized carbons (Fsp3) is 0.857. The third-order valence-corrected chi connectivity index (χ3v) is 2.04. The van der Waals surface area contributed by atoms with E-state index in [-0.39, 0.29) is 6.17 Å². The average molecular weight is 171 g/mol. The summed E-state index contributed by atoms with van der Waals surface area (Å²) in [4.78, 5) is 6.35. The number of hydrogen-bond acceptors (Lipinski definition) is 4. The molecule has 0 bridgehead atoms. The lowest BCUT2D eigenvalue weighted by Gasteiger charge is -2.31. The predicted octanol–water partition coefficient (Wildman–Crippen LogP) is 0.340. The Bertz CT molecular complexity index is 165. The van der Waals surface area contributed by atoms with Crippen LogP contribution in [0.25, 0.3) is 0 Å². The molecule has 1 saturated heterocycles. The minimum atomic E-state index is 0.214. The Morgan fingerprint density at radius 3 is 3.27 bits per heavy atom. The molecule has 62 valence electrons. The number of piperazine rings is 1. The highest BCUT2D eigenvalue weighted by molar-refractivity contribution is 7.78. The van der Waals surface area contributed by atoms with Gasteiger partial charge in [-0.15, -0.1) is 0 Å². The van der Waals surface area contributed by atoms with Crippen molar-refractivity contribution in [2.75, 3.05) is 26.2 Å². The lowest BCUT2D eigenvalue weighted by Crippen LogP contribution is -2.49. The van der Waals surface area contributed by atoms with Crippen molar-refractivity contribution in [3.05, 3.63) is 0 Å². The Kier molecular flexibility index (Phi) is 3.66. The molecular weight excluding hydrogens is 158 g/mol. The minimum Gasteiger partial charge on any atom is -0.312 e. The summed E-state index contributed by atoms with van der Waals surface area (Å²) in [7, 11) is 0. The molecule has 3 nitrogen and oxygen atoms in total. The minimum absolute atomic E-state index is 0.214. The van der Waals surface area contributed by atoms with Crippen molar-refractivity contribution < 1.29 is 0 Å². The van der Waals surface area contributed by atoms with E-state index in [1.54, 1.807) is 0 Å². The second-order valence-corrected chi connectivity index (χ2v) is 2.72. The van der Waals surface area contributed by atoms with Gasteiger partial charge in [0.15, 0.2) is 0 Å². The molecule has 1 unspecified atom stereocenters. The van der Waals surface area contributed by atoms with Crippen LogP contribution in [0.5, 0.6) is 0 Å². The molecule has 1 fully saturated rings. The maximum absolute atomic E-state index is 4.56. The topological polar surface area (TPSA) is 27.6 Å². The van der Waals surface area contributed by atoms with Crippen LogP contribution in [0, 0.1) is 0 Å². The molecule has 4 heteroatoms. The van der Waals surface area contributed by atoms with Crippen LogP contribution in [-0.4, -0.2) is 42.4 Å². The van der Waals surface area contributed by atoms with Crippen molar-refractivity contribution in [3.8, 4) is 0 Å². The van der Waals surface area contributed by atoms with Crippen LogP contribution in [0.1, 0.15) is 6.92 Å². The number of nitrogens with zero attached hydrogens (tertiary/aromatic N) is 2. The van der Waals surface area contributed by atoms with E-state index in [2.05, 4.69) is 39.5 Å². The molecule has 1 rings (SSSR count). The third kappa shape index (κ3) is 2.34. The van der Waals surface area contributed by atoms with Gasteiger partial charge in [-0.05, 0) is 18.8 Å². The first-order valence-electron chi connectivity index (χ1n) is 3.90. The van der Waals surface area contributed by atoms with Gasteiger partial charge in [0, 0.05) is 19.6 Å². The van der Waals surface area contributed by atoms with Crippen molar-refractivity contribution >= 4 is 17.4 Å². The van der Waals surface area contributed by atoms with E-state index in [9.17, 15) is 0 Å². The van der Waals surface area contributed by atoms with E-state index in [1.807, 2.05) is 0 Å². The SMILES string of the molecule is CCN1CCNCC1N=C=S. The summed E-state index contributed by atoms with van der Waals surface area (Å²) in [6, 6.07) is 0. The van der Waals surface area contributed by atoms with Crippen LogP contribution in [-0.2, 0) is 0 Å². The Balaban J connectivity index is 2.50. The van der Waals surface area contributed by atoms with Crippen molar-refractivity contribution in [2.24, 2.45) is 4.99 Å². The quantitative estimate of drug-likeness (QED) is 0.479. The van der Waals surface area contributed by atoms with Gasteiger partial charge in [0.2, 0.25) is 0 Å². The average Bonchev–Trinajstić information content (AvgIpc) is 2.06. The van der Waals surface area contributed by atoms with Crippen molar-refractivity contribution in [1.29, 1.82) is 0 Å². The van der Waals surface area contributed by atoms with E-state index in [4.69, 9.17) is 0 Å². The summed E-state index contributed by atoms with van der Waals surface area (Å²) in [5.41, 5.74) is 0. The maximum atomic E-state index is 4.56. The summed E-state index contributed by atoms with van der Waals surface area (Å²) < 4.78 is 0. The lowest BCUT2D eigenvalue weighted by molar-refractivity contribution is 0.176. The number of likely N-dealkylation sites (N-methyl/N-ethyl adjacent to an activating group) is 1.